The normalized spacial score (nSPS) is 26.5. The van der Waals surface area contributed by atoms with Crippen LogP contribution < -0.4 is 0 Å². The van der Waals surface area contributed by atoms with Gasteiger partial charge < -0.3 is 4.74 Å². The van der Waals surface area contributed by atoms with Gasteiger partial charge in [0.25, 0.3) is 0 Å². The molecule has 2 atom stereocenters. The van der Waals surface area contributed by atoms with Crippen LogP contribution in [0.5, 0.6) is 0 Å². The average Bonchev–Trinajstić information content (AvgIpc) is 2.24. The maximum Gasteiger partial charge on any atom is 0.126 e. The molecule has 2 unspecified atom stereocenters. The highest BCUT2D eigenvalue weighted by Gasteiger charge is 2.23. The molecule has 0 saturated carbocycles. The molecule has 0 aromatic heterocycles. The number of hydrogen-bond donors (Lipinski definition) is 1. The van der Waals surface area contributed by atoms with Crippen LogP contribution in [0.2, 0.25) is 0 Å². The topological polar surface area (TPSA) is 9.23 Å². The van der Waals surface area contributed by atoms with E-state index in [0.717, 1.165) is 25.0 Å². The molecule has 1 aliphatic heterocycles. The van der Waals surface area contributed by atoms with Gasteiger partial charge in [0, 0.05) is 11.9 Å². The second kappa shape index (κ2) is 4.99. The van der Waals surface area contributed by atoms with Crippen LogP contribution >= 0.6 is 12.6 Å². The van der Waals surface area contributed by atoms with Gasteiger partial charge in [0.1, 0.15) is 5.82 Å². The summed E-state index contributed by atoms with van der Waals surface area (Å²) in [5, 5.41) is 0.332. The predicted molar refractivity (Wildman–Crippen MR) is 61.8 cm³/mol. The van der Waals surface area contributed by atoms with Crippen molar-refractivity contribution in [2.24, 2.45) is 5.92 Å². The van der Waals surface area contributed by atoms with Gasteiger partial charge in [0.05, 0.1) is 6.61 Å². The van der Waals surface area contributed by atoms with Gasteiger partial charge in [0.15, 0.2) is 0 Å². The summed E-state index contributed by atoms with van der Waals surface area (Å²) in [6, 6.07) is 6.93. The Bertz CT molecular complexity index is 329. The summed E-state index contributed by atoms with van der Waals surface area (Å²) in [4.78, 5) is 0. The molecule has 0 aliphatic carbocycles. The fourth-order valence-electron chi connectivity index (χ4n) is 1.93. The van der Waals surface area contributed by atoms with E-state index in [0.29, 0.717) is 17.8 Å². The molecule has 0 bridgehead atoms. The Morgan fingerprint density at radius 2 is 2.20 bits per heavy atom. The highest BCUT2D eigenvalue weighted by Crippen LogP contribution is 2.24. The Morgan fingerprint density at radius 3 is 2.93 bits per heavy atom. The van der Waals surface area contributed by atoms with Crippen LogP contribution in [-0.4, -0.2) is 18.5 Å². The van der Waals surface area contributed by atoms with Gasteiger partial charge in [-0.25, -0.2) is 4.39 Å². The van der Waals surface area contributed by atoms with Crippen molar-refractivity contribution in [3.63, 3.8) is 0 Å². The first-order valence-corrected chi connectivity index (χ1v) is 5.78. The minimum absolute atomic E-state index is 0.122. The quantitative estimate of drug-likeness (QED) is 0.763. The van der Waals surface area contributed by atoms with Gasteiger partial charge in [-0.05, 0) is 30.4 Å². The lowest BCUT2D eigenvalue weighted by Gasteiger charge is -2.28. The number of ether oxygens (including phenoxy) is 1. The lowest BCUT2D eigenvalue weighted by molar-refractivity contribution is 0.0594. The lowest BCUT2D eigenvalue weighted by Crippen LogP contribution is -2.30. The van der Waals surface area contributed by atoms with E-state index < -0.39 is 0 Å². The monoisotopic (exact) mass is 226 g/mol. The van der Waals surface area contributed by atoms with Gasteiger partial charge in [-0.1, -0.05) is 18.2 Å². The van der Waals surface area contributed by atoms with E-state index >= 15 is 0 Å². The third-order valence-corrected chi connectivity index (χ3v) is 3.55. The maximum atomic E-state index is 13.4. The summed E-state index contributed by atoms with van der Waals surface area (Å²) in [5.41, 5.74) is 0.770. The van der Waals surface area contributed by atoms with Gasteiger partial charge in [-0.3, -0.25) is 0 Å². The lowest BCUT2D eigenvalue weighted by atomic mass is 9.93. The van der Waals surface area contributed by atoms with Crippen LogP contribution in [0.3, 0.4) is 0 Å². The van der Waals surface area contributed by atoms with Gasteiger partial charge >= 0.3 is 0 Å². The molecule has 0 spiro atoms. The standard InChI is InChI=1S/C12H15FOS/c13-11-4-2-1-3-9(11)7-10-8-14-6-5-12(10)15/h1-4,10,12,15H,5-8H2. The molecular formula is C12H15FOS. The van der Waals surface area contributed by atoms with Crippen molar-refractivity contribution in [3.8, 4) is 0 Å². The highest BCUT2D eigenvalue weighted by molar-refractivity contribution is 7.81. The second-order valence-corrected chi connectivity index (χ2v) is 4.65. The van der Waals surface area contributed by atoms with Gasteiger partial charge in [0.2, 0.25) is 0 Å². The maximum absolute atomic E-state index is 13.4. The van der Waals surface area contributed by atoms with E-state index in [1.54, 1.807) is 6.07 Å². The first kappa shape index (κ1) is 11.0. The number of thiol groups is 1. The first-order chi connectivity index (χ1) is 7.27. The van der Waals surface area contributed by atoms with Crippen LogP contribution in [-0.2, 0) is 11.2 Å². The van der Waals surface area contributed by atoms with Crippen molar-refractivity contribution in [1.29, 1.82) is 0 Å². The van der Waals surface area contributed by atoms with Crippen molar-refractivity contribution < 1.29 is 9.13 Å². The van der Waals surface area contributed by atoms with Gasteiger partial charge in [-0.15, -0.1) is 0 Å². The number of hydrogen-bond acceptors (Lipinski definition) is 2. The molecule has 0 radical (unpaired) electrons. The highest BCUT2D eigenvalue weighted by atomic mass is 32.1. The number of benzene rings is 1. The second-order valence-electron chi connectivity index (χ2n) is 3.99. The molecular weight excluding hydrogens is 211 g/mol. The van der Waals surface area contributed by atoms with Crippen LogP contribution in [0.4, 0.5) is 4.39 Å². The summed E-state index contributed by atoms with van der Waals surface area (Å²) >= 11 is 4.52. The largest absolute Gasteiger partial charge is 0.381 e. The van der Waals surface area contributed by atoms with Crippen molar-refractivity contribution in [2.75, 3.05) is 13.2 Å². The molecule has 1 fully saturated rings. The minimum Gasteiger partial charge on any atom is -0.381 e. The third-order valence-electron chi connectivity index (χ3n) is 2.87. The number of halogens is 1. The predicted octanol–water partition coefficient (Wildman–Crippen LogP) is 2.70. The molecule has 0 amide bonds. The van der Waals surface area contributed by atoms with Crippen LogP contribution in [0.25, 0.3) is 0 Å². The molecule has 1 aromatic carbocycles. The summed E-state index contributed by atoms with van der Waals surface area (Å²) < 4.78 is 18.8. The zero-order valence-electron chi connectivity index (χ0n) is 8.53. The summed E-state index contributed by atoms with van der Waals surface area (Å²) in [6.45, 7) is 1.48. The molecule has 1 aromatic rings. The fraction of sp³-hybridized carbons (Fsp3) is 0.500. The molecule has 15 heavy (non-hydrogen) atoms. The smallest absolute Gasteiger partial charge is 0.126 e. The van der Waals surface area contributed by atoms with E-state index in [1.165, 1.54) is 6.07 Å². The van der Waals surface area contributed by atoms with Crippen molar-refractivity contribution in [1.82, 2.24) is 0 Å². The van der Waals surface area contributed by atoms with Crippen LogP contribution in [0.15, 0.2) is 24.3 Å². The summed E-state index contributed by atoms with van der Waals surface area (Å²) in [6.07, 6.45) is 1.68. The molecule has 1 heterocycles. The zero-order valence-corrected chi connectivity index (χ0v) is 9.42. The summed E-state index contributed by atoms with van der Waals surface area (Å²) in [7, 11) is 0. The Kier molecular flexibility index (Phi) is 3.65. The molecule has 1 saturated heterocycles. The van der Waals surface area contributed by atoms with E-state index in [9.17, 15) is 4.39 Å². The number of rotatable bonds is 2. The molecule has 1 nitrogen and oxygen atoms in total. The SMILES string of the molecule is Fc1ccccc1CC1COCCC1S. The Morgan fingerprint density at radius 1 is 1.40 bits per heavy atom. The zero-order chi connectivity index (χ0) is 10.7. The third kappa shape index (κ3) is 2.73. The van der Waals surface area contributed by atoms with Crippen molar-refractivity contribution in [3.05, 3.63) is 35.6 Å². The fourth-order valence-corrected chi connectivity index (χ4v) is 2.22. The van der Waals surface area contributed by atoms with E-state index in [2.05, 4.69) is 12.6 Å². The van der Waals surface area contributed by atoms with E-state index in [1.807, 2.05) is 12.1 Å². The van der Waals surface area contributed by atoms with Crippen LogP contribution in [0.1, 0.15) is 12.0 Å². The van der Waals surface area contributed by atoms with Gasteiger partial charge in [-0.2, -0.15) is 12.6 Å². The molecule has 1 aliphatic rings. The minimum atomic E-state index is -0.122. The van der Waals surface area contributed by atoms with E-state index in [-0.39, 0.29) is 5.82 Å². The Balaban J connectivity index is 2.04. The molecule has 0 N–H and O–H groups in total. The molecule has 82 valence electrons. The average molecular weight is 226 g/mol. The van der Waals surface area contributed by atoms with Crippen molar-refractivity contribution in [2.45, 2.75) is 18.1 Å². The summed E-state index contributed by atoms with van der Waals surface area (Å²) in [5.74, 6) is 0.211. The van der Waals surface area contributed by atoms with E-state index in [4.69, 9.17) is 4.74 Å². The first-order valence-electron chi connectivity index (χ1n) is 5.26. The van der Waals surface area contributed by atoms with Crippen LogP contribution in [0, 0.1) is 11.7 Å². The molecule has 3 heteroatoms. The molecule has 2 rings (SSSR count). The van der Waals surface area contributed by atoms with Crippen molar-refractivity contribution >= 4 is 12.6 Å². The Labute approximate surface area is 95.0 Å². The Hall–Kier alpha value is -0.540.